The Morgan fingerprint density at radius 1 is 0.917 bits per heavy atom. The number of H-pyrrole nitrogens is 1. The molecule has 0 bridgehead atoms. The number of hydrogen-bond acceptors (Lipinski definition) is 7. The predicted octanol–water partition coefficient (Wildman–Crippen LogP) is 7.43. The number of rotatable bonds is 10. The number of nitrogens with one attached hydrogen (secondary N) is 4. The van der Waals surface area contributed by atoms with Crippen LogP contribution in [0.1, 0.15) is 56.0 Å². The summed E-state index contributed by atoms with van der Waals surface area (Å²) in [7, 11) is 1.36. The predicted molar refractivity (Wildman–Crippen MR) is 192 cm³/mol. The summed E-state index contributed by atoms with van der Waals surface area (Å²) < 4.78 is 5.05. The number of thioether (sulfide) groups is 1. The van der Waals surface area contributed by atoms with Crippen LogP contribution in [0.4, 0.5) is 10.7 Å². The molecule has 0 unspecified atom stereocenters. The fourth-order valence-corrected chi connectivity index (χ4v) is 7.68. The standard InChI is InChI=1S/C37H34N4O5S2/c1-46-37(45)33-28-16-6-3-7-18-31(28)48-36(33)41-32(42)22-47-26-14-10-13-25(20-26)39-35(44)30(40-34(43)23-11-4-2-5-12-23)19-24-21-38-29-17-9-8-15-27(24)29/h2,4-5,8-15,17,19-21,38H,3,6-7,16,18,22H2,1H3,(H,39,44)(H,40,43)(H,41,42)/b30-19-. The first kappa shape index (κ1) is 32.8. The fraction of sp³-hybridized carbons (Fsp3) is 0.189. The van der Waals surface area contributed by atoms with E-state index in [4.69, 9.17) is 4.74 Å². The molecule has 2 heterocycles. The van der Waals surface area contributed by atoms with Gasteiger partial charge in [0.1, 0.15) is 10.7 Å². The van der Waals surface area contributed by atoms with Crippen molar-refractivity contribution in [2.24, 2.45) is 0 Å². The molecule has 0 fully saturated rings. The molecule has 0 spiro atoms. The number of aryl methyl sites for hydroxylation is 1. The van der Waals surface area contributed by atoms with Crippen molar-refractivity contribution in [3.05, 3.63) is 118 Å². The van der Waals surface area contributed by atoms with Gasteiger partial charge in [0.2, 0.25) is 5.91 Å². The smallest absolute Gasteiger partial charge is 0.341 e. The van der Waals surface area contributed by atoms with Crippen molar-refractivity contribution in [2.45, 2.75) is 37.0 Å². The summed E-state index contributed by atoms with van der Waals surface area (Å²) in [5.41, 5.74) is 4.11. The first-order valence-corrected chi connectivity index (χ1v) is 17.4. The van der Waals surface area contributed by atoms with Gasteiger partial charge in [-0.2, -0.15) is 0 Å². The minimum atomic E-state index is -0.503. The maximum Gasteiger partial charge on any atom is 0.341 e. The second-order valence-corrected chi connectivity index (χ2v) is 13.4. The number of esters is 1. The summed E-state index contributed by atoms with van der Waals surface area (Å²) in [6.07, 6.45) is 8.30. The molecule has 4 N–H and O–H groups in total. The molecule has 244 valence electrons. The van der Waals surface area contributed by atoms with Crippen molar-refractivity contribution in [3.8, 4) is 0 Å². The van der Waals surface area contributed by atoms with Crippen LogP contribution in [0, 0.1) is 0 Å². The Kier molecular flexibility index (Phi) is 10.4. The Balaban J connectivity index is 1.15. The van der Waals surface area contributed by atoms with Crippen LogP contribution >= 0.6 is 23.1 Å². The lowest BCUT2D eigenvalue weighted by atomic mass is 10.1. The number of carbonyl (C=O) groups excluding carboxylic acids is 4. The number of ether oxygens (including phenoxy) is 1. The Morgan fingerprint density at radius 3 is 2.54 bits per heavy atom. The van der Waals surface area contributed by atoms with Crippen LogP contribution in [0.25, 0.3) is 17.0 Å². The van der Waals surface area contributed by atoms with Gasteiger partial charge in [-0.1, -0.05) is 48.9 Å². The van der Waals surface area contributed by atoms with E-state index < -0.39 is 17.8 Å². The zero-order valence-electron chi connectivity index (χ0n) is 26.3. The third-order valence-corrected chi connectivity index (χ3v) is 10.2. The first-order chi connectivity index (χ1) is 23.4. The van der Waals surface area contributed by atoms with Gasteiger partial charge in [-0.05, 0) is 73.7 Å². The SMILES string of the molecule is COC(=O)c1c(NC(=O)CSc2cccc(NC(=O)/C(=C/c3c[nH]c4ccccc34)NC(=O)c3ccccc3)c2)sc2c1CCCCC2. The number of thiophene rings is 1. The average Bonchev–Trinajstić information content (AvgIpc) is 3.58. The highest BCUT2D eigenvalue weighted by Crippen LogP contribution is 2.38. The quantitative estimate of drug-likeness (QED) is 0.0527. The molecule has 0 saturated heterocycles. The van der Waals surface area contributed by atoms with E-state index >= 15 is 0 Å². The van der Waals surface area contributed by atoms with E-state index in [1.54, 1.807) is 54.7 Å². The van der Waals surface area contributed by atoms with E-state index in [1.165, 1.54) is 30.2 Å². The highest BCUT2D eigenvalue weighted by Gasteiger charge is 2.26. The summed E-state index contributed by atoms with van der Waals surface area (Å²) in [4.78, 5) is 57.5. The Bertz CT molecular complexity index is 2010. The fourth-order valence-electron chi connectivity index (χ4n) is 5.63. The molecule has 3 amide bonds. The summed E-state index contributed by atoms with van der Waals surface area (Å²) in [6, 6.07) is 23.5. The van der Waals surface area contributed by atoms with Gasteiger partial charge in [-0.25, -0.2) is 4.79 Å². The number of para-hydroxylation sites is 1. The van der Waals surface area contributed by atoms with E-state index in [0.717, 1.165) is 63.9 Å². The number of fused-ring (bicyclic) bond motifs is 2. The Morgan fingerprint density at radius 2 is 1.71 bits per heavy atom. The topological polar surface area (TPSA) is 129 Å². The minimum Gasteiger partial charge on any atom is -0.465 e. The van der Waals surface area contributed by atoms with Crippen LogP contribution in [0.15, 0.2) is 95.7 Å². The molecule has 5 aromatic rings. The maximum absolute atomic E-state index is 13.6. The van der Waals surface area contributed by atoms with Gasteiger partial charge in [0.25, 0.3) is 11.8 Å². The number of anilines is 2. The molecular formula is C37H34N4O5S2. The van der Waals surface area contributed by atoms with Gasteiger partial charge in [0.15, 0.2) is 0 Å². The number of benzene rings is 3. The van der Waals surface area contributed by atoms with Crippen LogP contribution in [0.2, 0.25) is 0 Å². The third-order valence-electron chi connectivity index (χ3n) is 7.98. The molecule has 11 heteroatoms. The van der Waals surface area contributed by atoms with Crippen LogP contribution in [0.3, 0.4) is 0 Å². The monoisotopic (exact) mass is 678 g/mol. The van der Waals surface area contributed by atoms with E-state index in [-0.39, 0.29) is 17.4 Å². The zero-order chi connectivity index (χ0) is 33.5. The third kappa shape index (κ3) is 7.70. The summed E-state index contributed by atoms with van der Waals surface area (Å²) in [6.45, 7) is 0. The second kappa shape index (κ2) is 15.2. The van der Waals surface area contributed by atoms with Gasteiger partial charge < -0.3 is 25.7 Å². The molecule has 6 rings (SSSR count). The van der Waals surface area contributed by atoms with Crippen molar-refractivity contribution in [2.75, 3.05) is 23.5 Å². The Labute approximate surface area is 286 Å². The zero-order valence-corrected chi connectivity index (χ0v) is 27.9. The average molecular weight is 679 g/mol. The van der Waals surface area contributed by atoms with Gasteiger partial charge in [-0.15, -0.1) is 23.1 Å². The van der Waals surface area contributed by atoms with Crippen LogP contribution in [0.5, 0.6) is 0 Å². The molecule has 0 saturated carbocycles. The number of aromatic nitrogens is 1. The maximum atomic E-state index is 13.6. The number of aromatic amines is 1. The van der Waals surface area contributed by atoms with Crippen molar-refractivity contribution < 1.29 is 23.9 Å². The normalized spacial score (nSPS) is 12.9. The molecule has 0 radical (unpaired) electrons. The van der Waals surface area contributed by atoms with Crippen molar-refractivity contribution in [1.82, 2.24) is 10.3 Å². The lowest BCUT2D eigenvalue weighted by molar-refractivity contribution is -0.114. The van der Waals surface area contributed by atoms with Crippen LogP contribution < -0.4 is 16.0 Å². The minimum absolute atomic E-state index is 0.0711. The number of amides is 3. The van der Waals surface area contributed by atoms with E-state index in [9.17, 15) is 19.2 Å². The largest absolute Gasteiger partial charge is 0.465 e. The van der Waals surface area contributed by atoms with Crippen molar-refractivity contribution in [3.63, 3.8) is 0 Å². The van der Waals surface area contributed by atoms with Gasteiger partial charge in [0, 0.05) is 43.7 Å². The van der Waals surface area contributed by atoms with Crippen molar-refractivity contribution >= 4 is 74.5 Å². The molecule has 0 atom stereocenters. The summed E-state index contributed by atoms with van der Waals surface area (Å²) in [5.74, 6) is -1.50. The molecule has 1 aliphatic carbocycles. The summed E-state index contributed by atoms with van der Waals surface area (Å²) in [5, 5.41) is 10.1. The molecule has 1 aliphatic rings. The molecule has 9 nitrogen and oxygen atoms in total. The molecule has 2 aromatic heterocycles. The van der Waals surface area contributed by atoms with Gasteiger partial charge in [0.05, 0.1) is 18.4 Å². The highest BCUT2D eigenvalue weighted by atomic mass is 32.2. The van der Waals surface area contributed by atoms with Crippen LogP contribution in [-0.2, 0) is 27.2 Å². The van der Waals surface area contributed by atoms with E-state index in [2.05, 4.69) is 20.9 Å². The van der Waals surface area contributed by atoms with Gasteiger partial charge in [-0.3, -0.25) is 14.4 Å². The van der Waals surface area contributed by atoms with E-state index in [1.807, 2.05) is 36.4 Å². The molecule has 0 aliphatic heterocycles. The molecule has 48 heavy (non-hydrogen) atoms. The molecule has 3 aromatic carbocycles. The second-order valence-electron chi connectivity index (χ2n) is 11.2. The summed E-state index contributed by atoms with van der Waals surface area (Å²) >= 11 is 2.76. The lowest BCUT2D eigenvalue weighted by Crippen LogP contribution is -2.30. The number of methoxy groups -OCH3 is 1. The molecular weight excluding hydrogens is 645 g/mol. The van der Waals surface area contributed by atoms with Gasteiger partial charge >= 0.3 is 5.97 Å². The van der Waals surface area contributed by atoms with Crippen molar-refractivity contribution in [1.29, 1.82) is 0 Å². The highest BCUT2D eigenvalue weighted by molar-refractivity contribution is 8.00. The first-order valence-electron chi connectivity index (χ1n) is 15.6. The lowest BCUT2D eigenvalue weighted by Gasteiger charge is -2.12. The number of hydrogen-bond donors (Lipinski definition) is 4. The van der Waals surface area contributed by atoms with Crippen LogP contribution in [-0.4, -0.2) is 41.5 Å². The Hall–Kier alpha value is -5.13. The van der Waals surface area contributed by atoms with E-state index in [0.29, 0.717) is 21.8 Å². The number of carbonyl (C=O) groups is 4.